The highest BCUT2D eigenvalue weighted by molar-refractivity contribution is 5.66. The van der Waals surface area contributed by atoms with E-state index in [2.05, 4.69) is 0 Å². The molecule has 0 aliphatic heterocycles. The van der Waals surface area contributed by atoms with Gasteiger partial charge in [0.1, 0.15) is 0 Å². The average Bonchev–Trinajstić information content (AvgIpc) is 2.63. The summed E-state index contributed by atoms with van der Waals surface area (Å²) in [6.07, 6.45) is 21.0. The fourth-order valence-corrected chi connectivity index (χ4v) is 1.94. The number of allylic oxidation sites excluding steroid dienone is 8. The number of carbonyl (C=O) groups is 1. The van der Waals surface area contributed by atoms with Crippen LogP contribution in [0.4, 0.5) is 0 Å². The third kappa shape index (κ3) is 17.0. The largest absolute Gasteiger partial charge is 0.481 e. The van der Waals surface area contributed by atoms with Gasteiger partial charge in [0.15, 0.2) is 0 Å². The summed E-state index contributed by atoms with van der Waals surface area (Å²) >= 11 is 0. The molecule has 0 saturated heterocycles. The van der Waals surface area contributed by atoms with Crippen LogP contribution in [-0.2, 0) is 4.79 Å². The maximum atomic E-state index is 10.3. The molecule has 0 radical (unpaired) electrons. The van der Waals surface area contributed by atoms with E-state index < -0.39 is 24.3 Å². The first-order valence-corrected chi connectivity index (χ1v) is 9.21. The van der Waals surface area contributed by atoms with Gasteiger partial charge >= 0.3 is 5.97 Å². The van der Waals surface area contributed by atoms with Gasteiger partial charge in [-0.25, -0.2) is 0 Å². The van der Waals surface area contributed by atoms with Gasteiger partial charge in [-0.15, -0.1) is 0 Å². The van der Waals surface area contributed by atoms with Crippen molar-refractivity contribution in [3.8, 4) is 0 Å². The number of carboxylic acid groups (broad SMARTS) is 1. The Bertz CT molecular complexity index is 555. The van der Waals surface area contributed by atoms with Gasteiger partial charge in [0.2, 0.25) is 0 Å². The predicted octanol–water partition coefficient (Wildman–Crippen LogP) is 3.46. The summed E-state index contributed by atoms with van der Waals surface area (Å²) in [5, 5.41) is 37.7. The molecule has 0 unspecified atom stereocenters. The van der Waals surface area contributed by atoms with Gasteiger partial charge in [-0.05, 0) is 25.7 Å². The lowest BCUT2D eigenvalue weighted by Gasteiger charge is -2.11. The lowest BCUT2D eigenvalue weighted by molar-refractivity contribution is -0.136. The molecule has 0 heterocycles. The van der Waals surface area contributed by atoms with E-state index >= 15 is 0 Å². The van der Waals surface area contributed by atoms with E-state index in [0.29, 0.717) is 19.3 Å². The Kier molecular flexibility index (Phi) is 15.8. The first-order chi connectivity index (χ1) is 13.0. The predicted molar refractivity (Wildman–Crippen MR) is 109 cm³/mol. The van der Waals surface area contributed by atoms with Gasteiger partial charge < -0.3 is 20.4 Å². The fraction of sp³-hybridized carbons (Fsp3) is 0.409. The van der Waals surface area contributed by atoms with Gasteiger partial charge in [0.25, 0.3) is 0 Å². The molecule has 0 amide bonds. The van der Waals surface area contributed by atoms with Crippen molar-refractivity contribution in [1.29, 1.82) is 0 Å². The number of aliphatic hydroxyl groups excluding tert-OH is 3. The molecule has 0 bridgehead atoms. The van der Waals surface area contributed by atoms with Crippen LogP contribution in [0.2, 0.25) is 0 Å². The van der Waals surface area contributed by atoms with Crippen molar-refractivity contribution in [1.82, 2.24) is 0 Å². The van der Waals surface area contributed by atoms with E-state index in [4.69, 9.17) is 5.11 Å². The summed E-state index contributed by atoms with van der Waals surface area (Å²) in [6.45, 7) is 2.01. The SMILES string of the molecule is CCC=CC[C@H](O)[C@H](O)C=CC=CC=CC=C[C@@H](O)CC=CCCC(=O)O. The zero-order valence-corrected chi connectivity index (χ0v) is 15.9. The van der Waals surface area contributed by atoms with Crippen LogP contribution in [0.3, 0.4) is 0 Å². The average molecular weight is 376 g/mol. The summed E-state index contributed by atoms with van der Waals surface area (Å²) in [7, 11) is 0. The third-order valence-electron chi connectivity index (χ3n) is 3.44. The molecule has 5 heteroatoms. The molecular formula is C22H32O5. The summed E-state index contributed by atoms with van der Waals surface area (Å²) in [4.78, 5) is 10.3. The number of aliphatic carboxylic acids is 1. The molecule has 27 heavy (non-hydrogen) atoms. The maximum Gasteiger partial charge on any atom is 0.303 e. The second kappa shape index (κ2) is 17.2. The summed E-state index contributed by atoms with van der Waals surface area (Å²) in [5.41, 5.74) is 0. The molecule has 0 aliphatic rings. The highest BCUT2D eigenvalue weighted by atomic mass is 16.4. The molecule has 0 fully saturated rings. The first kappa shape index (κ1) is 24.8. The number of aliphatic hydroxyl groups is 3. The summed E-state index contributed by atoms with van der Waals surface area (Å²) in [6, 6.07) is 0. The van der Waals surface area contributed by atoms with E-state index in [0.717, 1.165) is 6.42 Å². The van der Waals surface area contributed by atoms with Crippen LogP contribution in [0.25, 0.3) is 0 Å². The van der Waals surface area contributed by atoms with E-state index in [-0.39, 0.29) is 6.42 Å². The molecule has 150 valence electrons. The summed E-state index contributed by atoms with van der Waals surface area (Å²) in [5.74, 6) is -0.831. The second-order valence-electron chi connectivity index (χ2n) is 5.92. The molecule has 0 aromatic heterocycles. The van der Waals surface area contributed by atoms with Crippen molar-refractivity contribution < 1.29 is 25.2 Å². The van der Waals surface area contributed by atoms with Gasteiger partial charge in [0, 0.05) is 6.42 Å². The normalized spacial score (nSPS) is 16.6. The molecule has 3 atom stereocenters. The fourth-order valence-electron chi connectivity index (χ4n) is 1.94. The van der Waals surface area contributed by atoms with Crippen LogP contribution < -0.4 is 0 Å². The Morgan fingerprint density at radius 2 is 1.41 bits per heavy atom. The van der Waals surface area contributed by atoms with Crippen LogP contribution >= 0.6 is 0 Å². The minimum absolute atomic E-state index is 0.0951. The van der Waals surface area contributed by atoms with Crippen molar-refractivity contribution in [2.45, 2.75) is 57.3 Å². The zero-order valence-electron chi connectivity index (χ0n) is 15.9. The topological polar surface area (TPSA) is 98.0 Å². The van der Waals surface area contributed by atoms with Crippen LogP contribution in [0.1, 0.15) is 39.0 Å². The number of carboxylic acids is 1. The van der Waals surface area contributed by atoms with Crippen molar-refractivity contribution in [2.24, 2.45) is 0 Å². The Morgan fingerprint density at radius 3 is 2.04 bits per heavy atom. The molecule has 0 aliphatic carbocycles. The monoisotopic (exact) mass is 376 g/mol. The number of rotatable bonds is 14. The first-order valence-electron chi connectivity index (χ1n) is 9.21. The standard InChI is InChI=1S/C22H32O5/c1-2-3-9-16-20(24)21(25)17-12-7-5-4-6-10-14-19(23)15-11-8-13-18-22(26)27/h3-12,14,17,19-21,23-25H,2,13,15-16,18H2,1H3,(H,26,27)/t19-,20+,21-/m1/s1. The number of hydrogen-bond donors (Lipinski definition) is 4. The Balaban J connectivity index is 4.03. The second-order valence-corrected chi connectivity index (χ2v) is 5.92. The molecule has 5 nitrogen and oxygen atoms in total. The molecule has 0 saturated carbocycles. The lowest BCUT2D eigenvalue weighted by Crippen LogP contribution is -2.22. The van der Waals surface area contributed by atoms with Crippen molar-refractivity contribution >= 4 is 5.97 Å². The molecule has 0 aromatic carbocycles. The highest BCUT2D eigenvalue weighted by Crippen LogP contribution is 2.03. The number of hydrogen-bond acceptors (Lipinski definition) is 4. The minimum Gasteiger partial charge on any atom is -0.481 e. The third-order valence-corrected chi connectivity index (χ3v) is 3.44. The Labute approximate surface area is 162 Å². The van der Waals surface area contributed by atoms with Crippen LogP contribution in [0, 0.1) is 0 Å². The van der Waals surface area contributed by atoms with Crippen molar-refractivity contribution in [2.75, 3.05) is 0 Å². The molecule has 0 spiro atoms. The minimum atomic E-state index is -0.904. The maximum absolute atomic E-state index is 10.3. The lowest BCUT2D eigenvalue weighted by atomic mass is 10.1. The van der Waals surface area contributed by atoms with E-state index in [9.17, 15) is 20.1 Å². The highest BCUT2D eigenvalue weighted by Gasteiger charge is 2.10. The van der Waals surface area contributed by atoms with E-state index in [1.165, 1.54) is 6.08 Å². The van der Waals surface area contributed by atoms with Crippen LogP contribution in [-0.4, -0.2) is 44.7 Å². The van der Waals surface area contributed by atoms with Gasteiger partial charge in [-0.3, -0.25) is 4.79 Å². The van der Waals surface area contributed by atoms with Gasteiger partial charge in [-0.2, -0.15) is 0 Å². The van der Waals surface area contributed by atoms with Gasteiger partial charge in [0.05, 0.1) is 18.3 Å². The quantitative estimate of drug-likeness (QED) is 0.275. The van der Waals surface area contributed by atoms with Crippen LogP contribution in [0.15, 0.2) is 72.9 Å². The molecule has 0 rings (SSSR count). The van der Waals surface area contributed by atoms with Crippen molar-refractivity contribution in [3.05, 3.63) is 72.9 Å². The van der Waals surface area contributed by atoms with Crippen molar-refractivity contribution in [3.63, 3.8) is 0 Å². The molecule has 0 aromatic rings. The smallest absolute Gasteiger partial charge is 0.303 e. The van der Waals surface area contributed by atoms with E-state index in [1.54, 1.807) is 54.7 Å². The van der Waals surface area contributed by atoms with Crippen LogP contribution in [0.5, 0.6) is 0 Å². The Morgan fingerprint density at radius 1 is 0.815 bits per heavy atom. The van der Waals surface area contributed by atoms with E-state index in [1.807, 2.05) is 19.1 Å². The Hall–Kier alpha value is -2.21. The van der Waals surface area contributed by atoms with Gasteiger partial charge in [-0.1, -0.05) is 79.8 Å². The molecule has 4 N–H and O–H groups in total. The zero-order chi connectivity index (χ0) is 20.3. The summed E-state index contributed by atoms with van der Waals surface area (Å²) < 4.78 is 0. The molecular weight excluding hydrogens is 344 g/mol.